The van der Waals surface area contributed by atoms with E-state index in [9.17, 15) is 5.26 Å². The number of aryl methyl sites for hydroxylation is 1. The van der Waals surface area contributed by atoms with Crippen molar-refractivity contribution in [3.63, 3.8) is 0 Å². The molecule has 1 aliphatic rings. The van der Waals surface area contributed by atoms with Crippen molar-refractivity contribution in [3.8, 4) is 17.4 Å². The molecule has 1 unspecified atom stereocenters. The van der Waals surface area contributed by atoms with Crippen molar-refractivity contribution in [2.45, 2.75) is 26.2 Å². The molecule has 0 amide bonds. The first-order valence-electron chi connectivity index (χ1n) is 6.46. The van der Waals surface area contributed by atoms with Gasteiger partial charge in [-0.1, -0.05) is 6.92 Å². The van der Waals surface area contributed by atoms with Crippen LogP contribution in [0.25, 0.3) is 11.3 Å². The average Bonchev–Trinajstić information content (AvgIpc) is 2.91. The first-order valence-corrected chi connectivity index (χ1v) is 6.46. The number of furan rings is 1. The van der Waals surface area contributed by atoms with E-state index in [1.54, 1.807) is 6.26 Å². The minimum atomic E-state index is 0.308. The summed E-state index contributed by atoms with van der Waals surface area (Å²) < 4.78 is 5.48. The molecule has 2 aromatic heterocycles. The third-order valence-electron chi connectivity index (χ3n) is 3.72. The maximum Gasteiger partial charge on any atom is 0.142 e. The minimum absolute atomic E-state index is 0.308. The Morgan fingerprint density at radius 3 is 3.05 bits per heavy atom. The van der Waals surface area contributed by atoms with Gasteiger partial charge in [0.2, 0.25) is 0 Å². The fraction of sp³-hybridized carbons (Fsp3) is 0.333. The molecular formula is C15H15N3O. The second-order valence-corrected chi connectivity index (χ2v) is 5.11. The van der Waals surface area contributed by atoms with Crippen LogP contribution in [-0.2, 0) is 12.8 Å². The Hall–Kier alpha value is -2.28. The molecule has 0 aromatic carbocycles. The van der Waals surface area contributed by atoms with Crippen molar-refractivity contribution < 1.29 is 4.42 Å². The van der Waals surface area contributed by atoms with Crippen LogP contribution in [0.15, 0.2) is 22.8 Å². The predicted octanol–water partition coefficient (Wildman–Crippen LogP) is 2.92. The number of nitriles is 1. The van der Waals surface area contributed by atoms with Gasteiger partial charge in [0.25, 0.3) is 0 Å². The first kappa shape index (κ1) is 11.8. The van der Waals surface area contributed by atoms with Crippen LogP contribution in [0.3, 0.4) is 0 Å². The molecule has 3 rings (SSSR count). The standard InChI is InChI=1S/C15H15N3O/c1-9-4-5-12-10(7-9)14(13-3-2-6-19-13)11(8-16)15(17)18-12/h2-3,6,9H,4-5,7H2,1H3,(H2,17,18). The van der Waals surface area contributed by atoms with Crippen LogP contribution in [0.5, 0.6) is 0 Å². The first-order chi connectivity index (χ1) is 9.20. The zero-order valence-corrected chi connectivity index (χ0v) is 10.8. The molecule has 0 bridgehead atoms. The predicted molar refractivity (Wildman–Crippen MR) is 72.3 cm³/mol. The lowest BCUT2D eigenvalue weighted by atomic mass is 9.83. The zero-order valence-electron chi connectivity index (χ0n) is 10.8. The largest absolute Gasteiger partial charge is 0.464 e. The highest BCUT2D eigenvalue weighted by Gasteiger charge is 2.25. The van der Waals surface area contributed by atoms with Gasteiger partial charge in [0.15, 0.2) is 0 Å². The lowest BCUT2D eigenvalue weighted by Gasteiger charge is -2.24. The monoisotopic (exact) mass is 253 g/mol. The van der Waals surface area contributed by atoms with Gasteiger partial charge in [-0.3, -0.25) is 0 Å². The molecule has 0 radical (unpaired) electrons. The molecule has 1 aliphatic carbocycles. The van der Waals surface area contributed by atoms with Crippen molar-refractivity contribution in [3.05, 3.63) is 35.2 Å². The van der Waals surface area contributed by atoms with E-state index in [-0.39, 0.29) is 0 Å². The van der Waals surface area contributed by atoms with Gasteiger partial charge in [-0.15, -0.1) is 0 Å². The molecule has 2 heterocycles. The lowest BCUT2D eigenvalue weighted by Crippen LogP contribution is -2.16. The van der Waals surface area contributed by atoms with Gasteiger partial charge in [0.1, 0.15) is 23.2 Å². The second kappa shape index (κ2) is 4.43. The summed E-state index contributed by atoms with van der Waals surface area (Å²) in [6, 6.07) is 5.86. The van der Waals surface area contributed by atoms with Crippen LogP contribution in [0.4, 0.5) is 5.82 Å². The molecule has 4 nitrogen and oxygen atoms in total. The summed E-state index contributed by atoms with van der Waals surface area (Å²) in [6.45, 7) is 2.22. The summed E-state index contributed by atoms with van der Waals surface area (Å²) in [5, 5.41) is 9.35. The van der Waals surface area contributed by atoms with Gasteiger partial charge in [-0.25, -0.2) is 4.98 Å². The van der Waals surface area contributed by atoms with Crippen LogP contribution in [-0.4, -0.2) is 4.98 Å². The third-order valence-corrected chi connectivity index (χ3v) is 3.72. The molecule has 96 valence electrons. The fourth-order valence-electron chi connectivity index (χ4n) is 2.76. The highest BCUT2D eigenvalue weighted by Crippen LogP contribution is 2.37. The molecule has 0 saturated carbocycles. The number of anilines is 1. The van der Waals surface area contributed by atoms with Crippen molar-refractivity contribution in [1.29, 1.82) is 5.26 Å². The summed E-state index contributed by atoms with van der Waals surface area (Å²) >= 11 is 0. The van der Waals surface area contributed by atoms with E-state index in [1.165, 1.54) is 0 Å². The van der Waals surface area contributed by atoms with Crippen LogP contribution < -0.4 is 5.73 Å². The molecule has 4 heteroatoms. The average molecular weight is 253 g/mol. The number of fused-ring (bicyclic) bond motifs is 1. The molecule has 2 N–H and O–H groups in total. The lowest BCUT2D eigenvalue weighted by molar-refractivity contribution is 0.493. The molecule has 2 aromatic rings. The molecule has 0 saturated heterocycles. The number of hydrogen-bond donors (Lipinski definition) is 1. The van der Waals surface area contributed by atoms with Crippen molar-refractivity contribution in [1.82, 2.24) is 4.98 Å². The third kappa shape index (κ3) is 1.88. The summed E-state index contributed by atoms with van der Waals surface area (Å²) in [5.74, 6) is 1.61. The maximum absolute atomic E-state index is 9.35. The topological polar surface area (TPSA) is 75.8 Å². The fourth-order valence-corrected chi connectivity index (χ4v) is 2.76. The highest BCUT2D eigenvalue weighted by atomic mass is 16.3. The Morgan fingerprint density at radius 1 is 1.53 bits per heavy atom. The number of nitrogens with two attached hydrogens (primary N) is 1. The zero-order chi connectivity index (χ0) is 13.4. The van der Waals surface area contributed by atoms with Gasteiger partial charge in [0.05, 0.1) is 6.26 Å². The van der Waals surface area contributed by atoms with Gasteiger partial charge in [-0.05, 0) is 42.9 Å². The molecular weight excluding hydrogens is 238 g/mol. The molecule has 0 fully saturated rings. The Balaban J connectivity index is 2.30. The number of nitrogen functional groups attached to an aromatic ring is 1. The van der Waals surface area contributed by atoms with Crippen molar-refractivity contribution in [2.24, 2.45) is 5.92 Å². The molecule has 1 atom stereocenters. The van der Waals surface area contributed by atoms with Crippen molar-refractivity contribution >= 4 is 5.82 Å². The number of hydrogen-bond acceptors (Lipinski definition) is 4. The van der Waals surface area contributed by atoms with Gasteiger partial charge < -0.3 is 10.2 Å². The number of pyridine rings is 1. The number of nitrogens with zero attached hydrogens (tertiary/aromatic N) is 2. The van der Waals surface area contributed by atoms with E-state index < -0.39 is 0 Å². The Bertz CT molecular complexity index is 653. The van der Waals surface area contributed by atoms with Gasteiger partial charge >= 0.3 is 0 Å². The Labute approximate surface area is 111 Å². The van der Waals surface area contributed by atoms with E-state index in [0.717, 1.165) is 36.1 Å². The molecule has 0 aliphatic heterocycles. The minimum Gasteiger partial charge on any atom is -0.464 e. The molecule has 0 spiro atoms. The summed E-state index contributed by atoms with van der Waals surface area (Å²) in [6.07, 6.45) is 4.57. The van der Waals surface area contributed by atoms with E-state index in [4.69, 9.17) is 10.2 Å². The van der Waals surface area contributed by atoms with Crippen LogP contribution in [0, 0.1) is 17.2 Å². The van der Waals surface area contributed by atoms with Crippen LogP contribution in [0.1, 0.15) is 30.2 Å². The Kier molecular flexibility index (Phi) is 2.75. The summed E-state index contributed by atoms with van der Waals surface area (Å²) in [4.78, 5) is 4.40. The SMILES string of the molecule is CC1CCc2nc(N)c(C#N)c(-c3ccco3)c2C1. The maximum atomic E-state index is 9.35. The van der Waals surface area contributed by atoms with E-state index in [1.807, 2.05) is 12.1 Å². The quantitative estimate of drug-likeness (QED) is 0.847. The van der Waals surface area contributed by atoms with Gasteiger partial charge in [-0.2, -0.15) is 5.26 Å². The smallest absolute Gasteiger partial charge is 0.142 e. The molecule has 19 heavy (non-hydrogen) atoms. The van der Waals surface area contributed by atoms with Crippen molar-refractivity contribution in [2.75, 3.05) is 5.73 Å². The Morgan fingerprint density at radius 2 is 2.37 bits per heavy atom. The van der Waals surface area contributed by atoms with Crippen LogP contribution in [0.2, 0.25) is 0 Å². The van der Waals surface area contributed by atoms with Crippen LogP contribution >= 0.6 is 0 Å². The van der Waals surface area contributed by atoms with Gasteiger partial charge in [0, 0.05) is 11.3 Å². The number of aromatic nitrogens is 1. The van der Waals surface area contributed by atoms with E-state index in [2.05, 4.69) is 18.0 Å². The van der Waals surface area contributed by atoms with E-state index in [0.29, 0.717) is 23.1 Å². The number of rotatable bonds is 1. The second-order valence-electron chi connectivity index (χ2n) is 5.11. The highest BCUT2D eigenvalue weighted by molar-refractivity contribution is 5.76. The summed E-state index contributed by atoms with van der Waals surface area (Å²) in [7, 11) is 0. The van der Waals surface area contributed by atoms with E-state index >= 15 is 0 Å². The normalized spacial score (nSPS) is 17.8. The summed E-state index contributed by atoms with van der Waals surface area (Å²) in [5.41, 5.74) is 9.33.